The SMILES string of the molecule is O[C@@H]1CC(Cn2cccn2)C[C@H]1NCc1cccn2ccnc12. The van der Waals surface area contributed by atoms with Gasteiger partial charge in [0, 0.05) is 55.7 Å². The molecule has 4 rings (SSSR count). The first-order valence-corrected chi connectivity index (χ1v) is 8.09. The van der Waals surface area contributed by atoms with E-state index in [0.717, 1.165) is 37.1 Å². The van der Waals surface area contributed by atoms with Crippen LogP contribution in [0.25, 0.3) is 5.65 Å². The molecule has 1 saturated carbocycles. The Morgan fingerprint density at radius 3 is 3.00 bits per heavy atom. The van der Waals surface area contributed by atoms with Crippen molar-refractivity contribution in [2.75, 3.05) is 0 Å². The molecule has 3 aromatic rings. The number of aliphatic hydroxyl groups is 1. The van der Waals surface area contributed by atoms with Crippen LogP contribution in [0.2, 0.25) is 0 Å². The minimum Gasteiger partial charge on any atom is -0.391 e. The maximum atomic E-state index is 10.3. The molecule has 2 N–H and O–H groups in total. The van der Waals surface area contributed by atoms with Crippen LogP contribution < -0.4 is 5.32 Å². The van der Waals surface area contributed by atoms with E-state index in [-0.39, 0.29) is 12.1 Å². The third kappa shape index (κ3) is 3.00. The fourth-order valence-electron chi connectivity index (χ4n) is 3.55. The van der Waals surface area contributed by atoms with E-state index in [4.69, 9.17) is 0 Å². The average Bonchev–Trinajstić information content (AvgIpc) is 3.27. The summed E-state index contributed by atoms with van der Waals surface area (Å²) in [5, 5.41) is 18.1. The standard InChI is InChI=1S/C17H21N5O/c23-16-10-13(12-22-7-2-4-20-22)9-15(16)19-11-14-3-1-6-21-8-5-18-17(14)21/h1-8,13,15-16,19,23H,9-12H2/t13?,15-,16-/m1/s1. The van der Waals surface area contributed by atoms with Crippen molar-refractivity contribution >= 4 is 5.65 Å². The van der Waals surface area contributed by atoms with Gasteiger partial charge in [-0.25, -0.2) is 4.98 Å². The predicted molar refractivity (Wildman–Crippen MR) is 86.8 cm³/mol. The first-order valence-electron chi connectivity index (χ1n) is 8.09. The molecule has 6 nitrogen and oxygen atoms in total. The lowest BCUT2D eigenvalue weighted by Gasteiger charge is -2.16. The summed E-state index contributed by atoms with van der Waals surface area (Å²) in [6, 6.07) is 6.17. The number of hydrogen-bond acceptors (Lipinski definition) is 4. The van der Waals surface area contributed by atoms with E-state index in [1.54, 1.807) is 6.20 Å². The Labute approximate surface area is 134 Å². The Kier molecular flexibility index (Phi) is 3.85. The molecule has 0 aromatic carbocycles. The number of rotatable bonds is 5. The molecule has 0 amide bonds. The van der Waals surface area contributed by atoms with E-state index in [1.165, 1.54) is 0 Å². The molecule has 0 spiro atoms. The van der Waals surface area contributed by atoms with Gasteiger partial charge in [0.25, 0.3) is 0 Å². The maximum Gasteiger partial charge on any atom is 0.141 e. The quantitative estimate of drug-likeness (QED) is 0.748. The lowest BCUT2D eigenvalue weighted by molar-refractivity contribution is 0.145. The molecule has 0 aliphatic heterocycles. The fourth-order valence-corrected chi connectivity index (χ4v) is 3.55. The van der Waals surface area contributed by atoms with E-state index < -0.39 is 0 Å². The van der Waals surface area contributed by atoms with Crippen LogP contribution in [0, 0.1) is 5.92 Å². The van der Waals surface area contributed by atoms with Crippen LogP contribution in [-0.4, -0.2) is 36.4 Å². The number of aromatic nitrogens is 4. The van der Waals surface area contributed by atoms with Crippen LogP contribution in [0.15, 0.2) is 49.2 Å². The second-order valence-electron chi connectivity index (χ2n) is 6.31. The van der Waals surface area contributed by atoms with Crippen molar-refractivity contribution in [1.29, 1.82) is 0 Å². The number of hydrogen-bond donors (Lipinski definition) is 2. The lowest BCUT2D eigenvalue weighted by atomic mass is 10.1. The van der Waals surface area contributed by atoms with E-state index in [1.807, 2.05) is 46.0 Å². The summed E-state index contributed by atoms with van der Waals surface area (Å²) in [6.07, 6.45) is 11.0. The second-order valence-corrected chi connectivity index (χ2v) is 6.31. The Morgan fingerprint density at radius 1 is 1.17 bits per heavy atom. The van der Waals surface area contributed by atoms with Crippen LogP contribution in [0.5, 0.6) is 0 Å². The van der Waals surface area contributed by atoms with Crippen molar-refractivity contribution in [2.24, 2.45) is 5.92 Å². The van der Waals surface area contributed by atoms with Gasteiger partial charge in [-0.2, -0.15) is 5.10 Å². The summed E-state index contributed by atoms with van der Waals surface area (Å²) >= 11 is 0. The molecule has 3 atom stereocenters. The molecule has 0 radical (unpaired) electrons. The summed E-state index contributed by atoms with van der Waals surface area (Å²) in [7, 11) is 0. The maximum absolute atomic E-state index is 10.3. The van der Waals surface area contributed by atoms with Crippen molar-refractivity contribution in [3.63, 3.8) is 0 Å². The number of imidazole rings is 1. The molecular weight excluding hydrogens is 290 g/mol. The van der Waals surface area contributed by atoms with E-state index in [9.17, 15) is 5.11 Å². The highest BCUT2D eigenvalue weighted by Gasteiger charge is 2.32. The van der Waals surface area contributed by atoms with Crippen molar-refractivity contribution < 1.29 is 5.11 Å². The van der Waals surface area contributed by atoms with Crippen LogP contribution in [0.3, 0.4) is 0 Å². The molecule has 3 aromatic heterocycles. The summed E-state index contributed by atoms with van der Waals surface area (Å²) in [4.78, 5) is 4.40. The minimum absolute atomic E-state index is 0.130. The lowest BCUT2D eigenvalue weighted by Crippen LogP contribution is -2.35. The van der Waals surface area contributed by atoms with Gasteiger partial charge in [-0.3, -0.25) is 4.68 Å². The molecule has 1 unspecified atom stereocenters. The van der Waals surface area contributed by atoms with Crippen molar-refractivity contribution in [3.8, 4) is 0 Å². The Morgan fingerprint density at radius 2 is 2.13 bits per heavy atom. The highest BCUT2D eigenvalue weighted by molar-refractivity contribution is 5.47. The third-order valence-corrected chi connectivity index (χ3v) is 4.69. The first kappa shape index (κ1) is 14.4. The molecule has 0 bridgehead atoms. The van der Waals surface area contributed by atoms with Crippen LogP contribution in [-0.2, 0) is 13.1 Å². The Balaban J connectivity index is 1.38. The Hall–Kier alpha value is -2.18. The van der Waals surface area contributed by atoms with Gasteiger partial charge in [0.05, 0.1) is 6.10 Å². The van der Waals surface area contributed by atoms with Crippen molar-refractivity contribution in [3.05, 3.63) is 54.7 Å². The summed E-state index contributed by atoms with van der Waals surface area (Å²) in [6.45, 7) is 1.59. The molecule has 0 saturated heterocycles. The van der Waals surface area contributed by atoms with Gasteiger partial charge in [-0.15, -0.1) is 0 Å². The number of pyridine rings is 1. The topological polar surface area (TPSA) is 67.4 Å². The van der Waals surface area contributed by atoms with Gasteiger partial charge in [0.1, 0.15) is 5.65 Å². The molecule has 23 heavy (non-hydrogen) atoms. The van der Waals surface area contributed by atoms with Crippen molar-refractivity contribution in [2.45, 2.75) is 38.1 Å². The van der Waals surface area contributed by atoms with Crippen LogP contribution >= 0.6 is 0 Å². The second kappa shape index (κ2) is 6.14. The molecule has 6 heteroatoms. The van der Waals surface area contributed by atoms with Gasteiger partial charge in [-0.1, -0.05) is 6.07 Å². The molecular formula is C17H21N5O. The number of aliphatic hydroxyl groups excluding tert-OH is 1. The van der Waals surface area contributed by atoms with Crippen molar-refractivity contribution in [1.82, 2.24) is 24.5 Å². The molecule has 120 valence electrons. The zero-order chi connectivity index (χ0) is 15.6. The van der Waals surface area contributed by atoms with E-state index in [0.29, 0.717) is 5.92 Å². The summed E-state index contributed by atoms with van der Waals surface area (Å²) < 4.78 is 3.97. The smallest absolute Gasteiger partial charge is 0.141 e. The number of fused-ring (bicyclic) bond motifs is 1. The molecule has 3 heterocycles. The first-order chi connectivity index (χ1) is 11.3. The van der Waals surface area contributed by atoms with Gasteiger partial charge >= 0.3 is 0 Å². The number of nitrogens with one attached hydrogen (secondary N) is 1. The zero-order valence-electron chi connectivity index (χ0n) is 12.9. The van der Waals surface area contributed by atoms with Gasteiger partial charge in [0.15, 0.2) is 0 Å². The van der Waals surface area contributed by atoms with Gasteiger partial charge in [0.2, 0.25) is 0 Å². The predicted octanol–water partition coefficient (Wildman–Crippen LogP) is 1.46. The van der Waals surface area contributed by atoms with E-state index in [2.05, 4.69) is 21.5 Å². The normalized spacial score (nSPS) is 24.5. The third-order valence-electron chi connectivity index (χ3n) is 4.69. The average molecular weight is 311 g/mol. The minimum atomic E-state index is -0.296. The summed E-state index contributed by atoms with van der Waals surface area (Å²) in [5.74, 6) is 0.463. The monoisotopic (exact) mass is 311 g/mol. The highest BCUT2D eigenvalue weighted by atomic mass is 16.3. The Bertz CT molecular complexity index is 766. The van der Waals surface area contributed by atoms with Crippen LogP contribution in [0.4, 0.5) is 0 Å². The van der Waals surface area contributed by atoms with Gasteiger partial charge < -0.3 is 14.8 Å². The zero-order valence-corrected chi connectivity index (χ0v) is 12.9. The van der Waals surface area contributed by atoms with Crippen LogP contribution in [0.1, 0.15) is 18.4 Å². The molecule has 1 fully saturated rings. The summed E-state index contributed by atoms with van der Waals surface area (Å²) in [5.41, 5.74) is 2.13. The van der Waals surface area contributed by atoms with Gasteiger partial charge in [-0.05, 0) is 30.9 Å². The largest absolute Gasteiger partial charge is 0.391 e. The molecule has 1 aliphatic rings. The molecule has 1 aliphatic carbocycles. The number of nitrogens with zero attached hydrogens (tertiary/aromatic N) is 4. The van der Waals surface area contributed by atoms with E-state index >= 15 is 0 Å². The fraction of sp³-hybridized carbons (Fsp3) is 0.412. The highest BCUT2D eigenvalue weighted by Crippen LogP contribution is 2.27.